The number of hydrogen-bond acceptors (Lipinski definition) is 16. The first-order valence-electron chi connectivity index (χ1n) is 30.2. The van der Waals surface area contributed by atoms with Gasteiger partial charge < -0.3 is 44.2 Å². The molecule has 438 valence electrons. The Hall–Kier alpha value is -5.11. The molecule has 0 spiro atoms. The van der Waals surface area contributed by atoms with Crippen LogP contribution in [0.25, 0.3) is 10.8 Å². The molecule has 1 saturated carbocycles. The molecule has 7 aliphatic heterocycles. The maximum Gasteiger partial charge on any atom is 0.251 e. The van der Waals surface area contributed by atoms with Crippen LogP contribution in [-0.4, -0.2) is 215 Å². The fourth-order valence-electron chi connectivity index (χ4n) is 14.9. The summed E-state index contributed by atoms with van der Waals surface area (Å²) in [6, 6.07) is 20.5. The van der Waals surface area contributed by atoms with Gasteiger partial charge in [-0.2, -0.15) is 5.26 Å². The minimum Gasteiger partial charge on any atom is -0.495 e. The Labute approximate surface area is 484 Å². The molecule has 7 unspecified atom stereocenters. The lowest BCUT2D eigenvalue weighted by Crippen LogP contribution is -2.80. The topological polar surface area (TPSA) is 180 Å². The second kappa shape index (κ2) is 25.4. The van der Waals surface area contributed by atoms with Crippen LogP contribution in [0, 0.1) is 17.2 Å². The fraction of sp³-hybridized carbons (Fsp3) is 0.639. The molecular weight excluding hydrogens is 1040 g/mol. The normalized spacial score (nSPS) is 30.3. The van der Waals surface area contributed by atoms with Crippen LogP contribution in [0.1, 0.15) is 87.9 Å². The Morgan fingerprint density at radius 1 is 0.889 bits per heavy atom. The number of fused-ring (bicyclic) bond motifs is 3. The van der Waals surface area contributed by atoms with Gasteiger partial charge in [-0.25, -0.2) is 0 Å². The number of methoxy groups -OCH3 is 1. The molecule has 5 N–H and O–H groups in total. The highest BCUT2D eigenvalue weighted by atomic mass is 35.5. The molecule has 10 atom stereocenters. The third-order valence-corrected chi connectivity index (χ3v) is 19.8. The monoisotopic (exact) mass is 1130 g/mol. The van der Waals surface area contributed by atoms with Gasteiger partial charge in [-0.05, 0) is 121 Å². The predicted molar refractivity (Wildman–Crippen MR) is 317 cm³/mol. The van der Waals surface area contributed by atoms with Crippen molar-refractivity contribution in [3.05, 3.63) is 77.3 Å². The number of nitrogens with one attached hydrogen (secondary N) is 5. The number of nitriles is 1. The van der Waals surface area contributed by atoms with Gasteiger partial charge in [0, 0.05) is 98.6 Å². The van der Waals surface area contributed by atoms with E-state index >= 15 is 4.79 Å². The van der Waals surface area contributed by atoms with Gasteiger partial charge >= 0.3 is 0 Å². The summed E-state index contributed by atoms with van der Waals surface area (Å²) in [4.78, 5) is 61.1. The SMILES string of the molecule is C=C(CN(c1ccc(C(=O)NC2CCN(C)CC2)cc1OC)C1NCC2C(N1)N(C1CCCC1)[C@H](CC)C(=O)N2C)C(=O)N1CCN(C2NC(OC[C@@H]3CCCN3C)NC3CN(c4cccc5cccc(Cl)c45)CCC32)C[C@@H]1CC#N. The standard InChI is InChI=1S/C61H87ClN14O5/c1-7-49-59(79)71(5)52-34-64-60(67-56(52)76(49)43-15-8-9-16-43)75(50-21-20-41(33-53(50)80-6)57(77)65-42-23-28-69(3)29-24-42)35-39(2)58(78)74-32-31-73(36-44(74)22-26-63)55-46-25-30-72(51-19-11-14-40-13-10-18-47(62)54(40)51)37-48(46)66-61(68-55)81-38-45-17-12-27-70(45)4/h10-11,13-14,18-21,33,42-46,48-49,52,55-56,60-61,64,66-68H,2,7-9,12,15-17,22-25,27-32,34-38H2,1,3-6H3,(H,65,77)/t44-,45-,46?,48?,49+,52?,55?,56?,60?,61?/m0/s1. The summed E-state index contributed by atoms with van der Waals surface area (Å²) in [5, 5.41) is 32.2. The lowest BCUT2D eigenvalue weighted by molar-refractivity contribution is -0.156. The number of piperazine rings is 2. The maximum atomic E-state index is 15.3. The van der Waals surface area contributed by atoms with E-state index < -0.39 is 18.7 Å². The Balaban J connectivity index is 0.842. The first-order valence-corrected chi connectivity index (χ1v) is 30.5. The van der Waals surface area contributed by atoms with E-state index in [0.29, 0.717) is 67.8 Å². The molecule has 7 saturated heterocycles. The molecule has 20 heteroatoms. The van der Waals surface area contributed by atoms with Crippen LogP contribution in [-0.2, 0) is 14.3 Å². The molecule has 3 aromatic rings. The van der Waals surface area contributed by atoms with Crippen molar-refractivity contribution in [3.8, 4) is 11.8 Å². The van der Waals surface area contributed by atoms with Gasteiger partial charge in [0.2, 0.25) is 5.91 Å². The Morgan fingerprint density at radius 3 is 2.42 bits per heavy atom. The molecule has 3 amide bonds. The molecule has 0 bridgehead atoms. The summed E-state index contributed by atoms with van der Waals surface area (Å²) < 4.78 is 12.9. The first kappa shape index (κ1) is 57.7. The molecule has 8 aliphatic rings. The number of benzene rings is 3. The zero-order valence-electron chi connectivity index (χ0n) is 48.3. The van der Waals surface area contributed by atoms with Gasteiger partial charge in [0.25, 0.3) is 11.8 Å². The minimum absolute atomic E-state index is 0.0719. The molecule has 0 radical (unpaired) electrons. The van der Waals surface area contributed by atoms with Crippen molar-refractivity contribution in [1.29, 1.82) is 5.26 Å². The zero-order chi connectivity index (χ0) is 56.5. The maximum absolute atomic E-state index is 15.3. The number of anilines is 2. The summed E-state index contributed by atoms with van der Waals surface area (Å²) in [5.41, 5.74) is 2.67. The van der Waals surface area contributed by atoms with Crippen LogP contribution >= 0.6 is 11.6 Å². The van der Waals surface area contributed by atoms with Crippen molar-refractivity contribution in [2.45, 2.75) is 145 Å². The molecule has 7 heterocycles. The Kier molecular flexibility index (Phi) is 18.1. The lowest BCUT2D eigenvalue weighted by atomic mass is 9.85. The van der Waals surface area contributed by atoms with E-state index in [-0.39, 0.29) is 79.1 Å². The third kappa shape index (κ3) is 12.0. The summed E-state index contributed by atoms with van der Waals surface area (Å²) >= 11 is 6.91. The van der Waals surface area contributed by atoms with Crippen LogP contribution in [0.4, 0.5) is 11.4 Å². The lowest BCUT2D eigenvalue weighted by Gasteiger charge is -2.56. The van der Waals surface area contributed by atoms with Gasteiger partial charge in [-0.15, -0.1) is 0 Å². The molecule has 8 fully saturated rings. The number of likely N-dealkylation sites (tertiary alicyclic amines) is 2. The van der Waals surface area contributed by atoms with Gasteiger partial charge in [0.05, 0.1) is 73.9 Å². The molecule has 3 aromatic carbocycles. The average molecular weight is 1130 g/mol. The molecular formula is C61H87ClN14O5. The van der Waals surface area contributed by atoms with Crippen LogP contribution in [0.2, 0.25) is 5.02 Å². The predicted octanol–water partition coefficient (Wildman–Crippen LogP) is 4.59. The second-order valence-electron chi connectivity index (χ2n) is 24.3. The number of amides is 3. The number of halogens is 1. The van der Waals surface area contributed by atoms with Crippen LogP contribution < -0.4 is 41.1 Å². The summed E-state index contributed by atoms with van der Waals surface area (Å²) in [5.74, 6) is 0.490. The first-order chi connectivity index (χ1) is 39.3. The van der Waals surface area contributed by atoms with E-state index in [1.165, 1.54) is 0 Å². The van der Waals surface area contributed by atoms with Crippen molar-refractivity contribution in [3.63, 3.8) is 0 Å². The number of hydrogen-bond donors (Lipinski definition) is 5. The van der Waals surface area contributed by atoms with Crippen molar-refractivity contribution < 1.29 is 23.9 Å². The highest BCUT2D eigenvalue weighted by molar-refractivity contribution is 6.36. The number of nitrogens with zero attached hydrogens (tertiary/aromatic N) is 9. The number of carbonyl (C=O) groups is 3. The van der Waals surface area contributed by atoms with Crippen LogP contribution in [0.5, 0.6) is 5.75 Å². The number of rotatable bonds is 16. The second-order valence-corrected chi connectivity index (χ2v) is 24.7. The van der Waals surface area contributed by atoms with Crippen LogP contribution in [0.3, 0.4) is 0 Å². The molecule has 81 heavy (non-hydrogen) atoms. The zero-order valence-corrected chi connectivity index (χ0v) is 49.1. The largest absolute Gasteiger partial charge is 0.495 e. The summed E-state index contributed by atoms with van der Waals surface area (Å²) in [7, 11) is 7.81. The average Bonchev–Trinajstić information content (AvgIpc) is 4.36. The van der Waals surface area contributed by atoms with Crippen molar-refractivity contribution in [2.24, 2.45) is 5.92 Å². The minimum atomic E-state index is -0.523. The molecule has 11 rings (SSSR count). The van der Waals surface area contributed by atoms with Crippen molar-refractivity contribution in [1.82, 2.24) is 56.0 Å². The van der Waals surface area contributed by atoms with Gasteiger partial charge in [0.15, 0.2) is 6.35 Å². The fourth-order valence-corrected chi connectivity index (χ4v) is 15.2. The van der Waals surface area contributed by atoms with E-state index in [9.17, 15) is 14.9 Å². The Morgan fingerprint density at radius 2 is 1.68 bits per heavy atom. The quantitative estimate of drug-likeness (QED) is 0.126. The van der Waals surface area contributed by atoms with E-state index in [1.807, 2.05) is 41.1 Å². The van der Waals surface area contributed by atoms with Gasteiger partial charge in [0.1, 0.15) is 12.0 Å². The molecule has 0 aromatic heterocycles. The van der Waals surface area contributed by atoms with Gasteiger partial charge in [-0.3, -0.25) is 45.5 Å². The number of ether oxygens (including phenoxy) is 2. The van der Waals surface area contributed by atoms with E-state index in [0.717, 1.165) is 112 Å². The van der Waals surface area contributed by atoms with Crippen LogP contribution in [0.15, 0.2) is 66.7 Å². The highest BCUT2D eigenvalue weighted by Gasteiger charge is 2.51. The van der Waals surface area contributed by atoms with E-state index in [2.05, 4.69) is 114 Å². The van der Waals surface area contributed by atoms with Crippen molar-refractivity contribution >= 4 is 51.5 Å². The van der Waals surface area contributed by atoms with E-state index in [1.54, 1.807) is 13.2 Å². The van der Waals surface area contributed by atoms with E-state index in [4.69, 9.17) is 21.1 Å². The smallest absolute Gasteiger partial charge is 0.251 e. The summed E-state index contributed by atoms with van der Waals surface area (Å²) in [6.07, 6.45) is 8.99. The molecule has 1 aliphatic carbocycles. The van der Waals surface area contributed by atoms with Crippen molar-refractivity contribution in [2.75, 3.05) is 110 Å². The number of likely N-dealkylation sites (N-methyl/N-ethyl adjacent to an activating group) is 2. The number of piperidine rings is 2. The highest BCUT2D eigenvalue weighted by Crippen LogP contribution is 2.39. The molecule has 19 nitrogen and oxygen atoms in total. The van der Waals surface area contributed by atoms with Gasteiger partial charge in [-0.1, -0.05) is 62.2 Å². The third-order valence-electron chi connectivity index (χ3n) is 19.5. The Bertz CT molecular complexity index is 2780. The summed E-state index contributed by atoms with van der Waals surface area (Å²) in [6.45, 7) is 13.9. The number of carbonyl (C=O) groups excluding carboxylic acids is 3.